The molecule has 2 heterocycles. The van der Waals surface area contributed by atoms with E-state index in [1.54, 1.807) is 18.3 Å². The van der Waals surface area contributed by atoms with Gasteiger partial charge in [-0.3, -0.25) is 4.79 Å². The van der Waals surface area contributed by atoms with Gasteiger partial charge in [0.1, 0.15) is 5.82 Å². The number of carbonyl (C=O) groups excluding carboxylic acids is 1. The number of hydrogen-bond acceptors (Lipinski definition) is 5. The van der Waals surface area contributed by atoms with Crippen molar-refractivity contribution in [3.05, 3.63) is 59.8 Å². The molecule has 1 unspecified atom stereocenters. The van der Waals surface area contributed by atoms with Crippen LogP contribution in [0.3, 0.4) is 0 Å². The third-order valence-electron chi connectivity index (χ3n) is 4.38. The number of amides is 1. The van der Waals surface area contributed by atoms with Gasteiger partial charge in [0.2, 0.25) is 0 Å². The minimum atomic E-state index is -2.95. The van der Waals surface area contributed by atoms with Gasteiger partial charge in [-0.15, -0.1) is 0 Å². The minimum Gasteiger partial charge on any atom is -0.366 e. The Morgan fingerprint density at radius 3 is 2.73 bits per heavy atom. The van der Waals surface area contributed by atoms with Crippen molar-refractivity contribution < 1.29 is 13.2 Å². The second-order valence-electron chi connectivity index (χ2n) is 6.52. The Labute approximate surface area is 154 Å². The normalized spacial score (nSPS) is 18.4. The number of anilines is 1. The summed E-state index contributed by atoms with van der Waals surface area (Å²) in [6, 6.07) is 13.3. The molecule has 1 saturated heterocycles. The molecule has 0 saturated carbocycles. The Hall–Kier alpha value is -2.41. The van der Waals surface area contributed by atoms with Gasteiger partial charge in [-0.1, -0.05) is 30.3 Å². The molecule has 2 N–H and O–H groups in total. The maximum Gasteiger partial charge on any atom is 0.251 e. The molecule has 138 valence electrons. The molecule has 1 aromatic carbocycles. The lowest BCUT2D eigenvalue weighted by Crippen LogP contribution is -2.25. The monoisotopic (exact) mass is 373 g/mol. The van der Waals surface area contributed by atoms with Gasteiger partial charge in [0.15, 0.2) is 9.84 Å². The molecular weight excluding hydrogens is 350 g/mol. The van der Waals surface area contributed by atoms with E-state index >= 15 is 0 Å². The van der Waals surface area contributed by atoms with Crippen molar-refractivity contribution in [3.8, 4) is 0 Å². The van der Waals surface area contributed by atoms with Gasteiger partial charge in [0, 0.05) is 24.3 Å². The molecule has 1 aromatic heterocycles. The van der Waals surface area contributed by atoms with Gasteiger partial charge in [-0.05, 0) is 37.0 Å². The van der Waals surface area contributed by atoms with E-state index in [2.05, 4.69) is 27.8 Å². The van der Waals surface area contributed by atoms with E-state index in [9.17, 15) is 13.2 Å². The summed E-state index contributed by atoms with van der Waals surface area (Å²) >= 11 is 0. The van der Waals surface area contributed by atoms with Crippen molar-refractivity contribution in [3.63, 3.8) is 0 Å². The van der Waals surface area contributed by atoms with Gasteiger partial charge < -0.3 is 10.6 Å². The number of benzene rings is 1. The van der Waals surface area contributed by atoms with Crippen LogP contribution in [0.25, 0.3) is 0 Å². The van der Waals surface area contributed by atoms with Crippen LogP contribution in [0.4, 0.5) is 5.82 Å². The Morgan fingerprint density at radius 1 is 1.19 bits per heavy atom. The quantitative estimate of drug-likeness (QED) is 0.725. The van der Waals surface area contributed by atoms with E-state index < -0.39 is 9.84 Å². The Balaban J connectivity index is 1.48. The maximum absolute atomic E-state index is 12.3. The average Bonchev–Trinajstić information content (AvgIpc) is 2.98. The third kappa shape index (κ3) is 5.29. The van der Waals surface area contributed by atoms with Crippen LogP contribution in [0.2, 0.25) is 0 Å². The highest BCUT2D eigenvalue weighted by molar-refractivity contribution is 7.91. The van der Waals surface area contributed by atoms with E-state index in [4.69, 9.17) is 0 Å². The fraction of sp³-hybridized carbons (Fsp3) is 0.368. The second-order valence-corrected chi connectivity index (χ2v) is 8.75. The van der Waals surface area contributed by atoms with Crippen LogP contribution in [0, 0.1) is 0 Å². The van der Waals surface area contributed by atoms with Crippen molar-refractivity contribution >= 4 is 21.6 Å². The molecule has 0 aliphatic carbocycles. The van der Waals surface area contributed by atoms with Gasteiger partial charge >= 0.3 is 0 Å². The second kappa shape index (κ2) is 8.31. The molecule has 1 aliphatic rings. The summed E-state index contributed by atoms with van der Waals surface area (Å²) < 4.78 is 23.1. The lowest BCUT2D eigenvalue weighted by atomic mass is 10.1. The zero-order valence-corrected chi connectivity index (χ0v) is 15.3. The Morgan fingerprint density at radius 2 is 2.00 bits per heavy atom. The number of nitrogens with one attached hydrogen (secondary N) is 2. The molecule has 7 heteroatoms. The SMILES string of the molecule is O=C(NCCCc1ccccc1)c1ccnc(NC2CCS(=O)(=O)C2)c1. The van der Waals surface area contributed by atoms with Crippen LogP contribution in [-0.2, 0) is 16.3 Å². The molecule has 1 atom stereocenters. The zero-order chi connectivity index (χ0) is 18.4. The topological polar surface area (TPSA) is 88.2 Å². The summed E-state index contributed by atoms with van der Waals surface area (Å²) in [6.45, 7) is 0.597. The largest absolute Gasteiger partial charge is 0.366 e. The standard InChI is InChI=1S/C19H23N3O3S/c23-19(21-10-4-7-15-5-2-1-3-6-15)16-8-11-20-18(13-16)22-17-9-12-26(24,25)14-17/h1-3,5-6,8,11,13,17H,4,7,9-10,12,14H2,(H,20,22)(H,21,23). The van der Waals surface area contributed by atoms with E-state index in [0.717, 1.165) is 12.8 Å². The summed E-state index contributed by atoms with van der Waals surface area (Å²) in [5.74, 6) is 0.697. The van der Waals surface area contributed by atoms with Gasteiger partial charge in [-0.2, -0.15) is 0 Å². The maximum atomic E-state index is 12.3. The number of hydrogen-bond donors (Lipinski definition) is 2. The fourth-order valence-electron chi connectivity index (χ4n) is 3.01. The van der Waals surface area contributed by atoms with E-state index in [1.807, 2.05) is 18.2 Å². The lowest BCUT2D eigenvalue weighted by Gasteiger charge is -2.12. The van der Waals surface area contributed by atoms with Crippen LogP contribution in [0.15, 0.2) is 48.7 Å². The van der Waals surface area contributed by atoms with Crippen LogP contribution >= 0.6 is 0 Å². The summed E-state index contributed by atoms with van der Waals surface area (Å²) in [4.78, 5) is 16.5. The minimum absolute atomic E-state index is 0.116. The van der Waals surface area contributed by atoms with Crippen molar-refractivity contribution in [2.75, 3.05) is 23.4 Å². The first-order chi connectivity index (χ1) is 12.5. The average molecular weight is 373 g/mol. The molecule has 3 rings (SSSR count). The van der Waals surface area contributed by atoms with Crippen molar-refractivity contribution in [2.45, 2.75) is 25.3 Å². The molecule has 1 amide bonds. The summed E-state index contributed by atoms with van der Waals surface area (Å²) in [7, 11) is -2.95. The summed E-state index contributed by atoms with van der Waals surface area (Å²) in [5.41, 5.74) is 1.77. The van der Waals surface area contributed by atoms with Gasteiger partial charge in [0.25, 0.3) is 5.91 Å². The summed E-state index contributed by atoms with van der Waals surface area (Å²) in [5, 5.41) is 6.02. The molecule has 0 radical (unpaired) electrons. The fourth-order valence-corrected chi connectivity index (χ4v) is 4.68. The van der Waals surface area contributed by atoms with E-state index in [1.165, 1.54) is 5.56 Å². The number of rotatable bonds is 7. The predicted molar refractivity (Wildman–Crippen MR) is 102 cm³/mol. The molecule has 0 spiro atoms. The van der Waals surface area contributed by atoms with Crippen molar-refractivity contribution in [1.29, 1.82) is 0 Å². The van der Waals surface area contributed by atoms with Crippen molar-refractivity contribution in [2.24, 2.45) is 0 Å². The highest BCUT2D eigenvalue weighted by Gasteiger charge is 2.27. The first-order valence-electron chi connectivity index (χ1n) is 8.77. The molecule has 2 aromatic rings. The van der Waals surface area contributed by atoms with Crippen molar-refractivity contribution in [1.82, 2.24) is 10.3 Å². The highest BCUT2D eigenvalue weighted by atomic mass is 32.2. The number of carbonyl (C=O) groups is 1. The molecule has 6 nitrogen and oxygen atoms in total. The van der Waals surface area contributed by atoms with Gasteiger partial charge in [-0.25, -0.2) is 13.4 Å². The highest BCUT2D eigenvalue weighted by Crippen LogP contribution is 2.16. The number of pyridine rings is 1. The Bertz CT molecular complexity index is 853. The lowest BCUT2D eigenvalue weighted by molar-refractivity contribution is 0.0953. The third-order valence-corrected chi connectivity index (χ3v) is 6.15. The molecule has 1 aliphatic heterocycles. The smallest absolute Gasteiger partial charge is 0.251 e. The van der Waals surface area contributed by atoms with E-state index in [-0.39, 0.29) is 23.5 Å². The summed E-state index contributed by atoms with van der Waals surface area (Å²) in [6.07, 6.45) is 3.91. The predicted octanol–water partition coefficient (Wildman–Crippen LogP) is 2.04. The van der Waals surface area contributed by atoms with Crippen LogP contribution < -0.4 is 10.6 Å². The van der Waals surface area contributed by atoms with E-state index in [0.29, 0.717) is 24.3 Å². The molecular formula is C19H23N3O3S. The first-order valence-corrected chi connectivity index (χ1v) is 10.6. The molecule has 0 bridgehead atoms. The zero-order valence-electron chi connectivity index (χ0n) is 14.5. The molecule has 26 heavy (non-hydrogen) atoms. The number of aryl methyl sites for hydroxylation is 1. The van der Waals surface area contributed by atoms with Gasteiger partial charge in [0.05, 0.1) is 11.5 Å². The number of sulfone groups is 1. The van der Waals surface area contributed by atoms with Crippen LogP contribution in [0.1, 0.15) is 28.8 Å². The Kier molecular flexibility index (Phi) is 5.88. The van der Waals surface area contributed by atoms with Crippen LogP contribution in [-0.4, -0.2) is 43.4 Å². The molecule has 1 fully saturated rings. The number of aromatic nitrogens is 1. The first kappa shape index (κ1) is 18.4. The number of nitrogens with zero attached hydrogens (tertiary/aromatic N) is 1. The van der Waals surface area contributed by atoms with Crippen LogP contribution in [0.5, 0.6) is 0 Å².